The predicted octanol–water partition coefficient (Wildman–Crippen LogP) is 3.24. The van der Waals surface area contributed by atoms with E-state index in [9.17, 15) is 0 Å². The molecule has 3 rings (SSSR count). The number of nitrogens with one attached hydrogen (secondary N) is 1. The van der Waals surface area contributed by atoms with Crippen molar-refractivity contribution in [3.8, 4) is 0 Å². The van der Waals surface area contributed by atoms with Crippen molar-refractivity contribution in [2.75, 3.05) is 13.1 Å². The molecule has 2 bridgehead atoms. The van der Waals surface area contributed by atoms with Crippen LogP contribution < -0.4 is 5.32 Å². The Morgan fingerprint density at radius 3 is 2.48 bits per heavy atom. The van der Waals surface area contributed by atoms with Crippen LogP contribution >= 0.6 is 0 Å². The molecule has 1 aliphatic carbocycles. The van der Waals surface area contributed by atoms with Gasteiger partial charge in [0.25, 0.3) is 0 Å². The lowest BCUT2D eigenvalue weighted by Crippen LogP contribution is -2.58. The Morgan fingerprint density at radius 1 is 1.19 bits per heavy atom. The van der Waals surface area contributed by atoms with Gasteiger partial charge in [-0.25, -0.2) is 0 Å². The van der Waals surface area contributed by atoms with Gasteiger partial charge in [-0.15, -0.1) is 0 Å². The van der Waals surface area contributed by atoms with Gasteiger partial charge < -0.3 is 10.2 Å². The zero-order chi connectivity index (χ0) is 14.8. The first-order valence-electron chi connectivity index (χ1n) is 8.55. The standard InChI is InChI=1S/C18H29N3/c1-13(2)21-11-16-6-4-7-17(12-21)18(16)20-14(3)15-8-5-9-19-10-15/h5,8-10,13-14,16-18,20H,4,6-7,11-12H2,1-3H3/t14-,16?,17?,18?/m1/s1. The molecule has 1 aliphatic heterocycles. The Labute approximate surface area is 129 Å². The first-order chi connectivity index (χ1) is 10.1. The first-order valence-corrected chi connectivity index (χ1v) is 8.55. The lowest BCUT2D eigenvalue weighted by Gasteiger charge is -2.49. The number of likely N-dealkylation sites (tertiary alicyclic amines) is 1. The fraction of sp³-hybridized carbons (Fsp3) is 0.722. The molecular weight excluding hydrogens is 258 g/mol. The Bertz CT molecular complexity index is 431. The third-order valence-electron chi connectivity index (χ3n) is 5.46. The lowest BCUT2D eigenvalue weighted by atomic mass is 9.73. The van der Waals surface area contributed by atoms with E-state index in [0.717, 1.165) is 11.8 Å². The van der Waals surface area contributed by atoms with Crippen molar-refractivity contribution in [1.29, 1.82) is 0 Å². The van der Waals surface area contributed by atoms with Gasteiger partial charge in [-0.05, 0) is 57.1 Å². The van der Waals surface area contributed by atoms with Crippen LogP contribution in [0.5, 0.6) is 0 Å². The van der Waals surface area contributed by atoms with Gasteiger partial charge >= 0.3 is 0 Å². The molecular formula is C18H29N3. The lowest BCUT2D eigenvalue weighted by molar-refractivity contribution is 0.0257. The van der Waals surface area contributed by atoms with E-state index in [0.29, 0.717) is 18.1 Å². The third kappa shape index (κ3) is 3.29. The van der Waals surface area contributed by atoms with Crippen LogP contribution in [-0.2, 0) is 0 Å². The topological polar surface area (TPSA) is 28.2 Å². The van der Waals surface area contributed by atoms with Gasteiger partial charge in [0, 0.05) is 43.6 Å². The van der Waals surface area contributed by atoms with Crippen LogP contribution in [0.1, 0.15) is 51.6 Å². The van der Waals surface area contributed by atoms with Gasteiger partial charge in [0.2, 0.25) is 0 Å². The highest BCUT2D eigenvalue weighted by molar-refractivity contribution is 5.13. The second-order valence-corrected chi connectivity index (χ2v) is 7.20. The van der Waals surface area contributed by atoms with E-state index >= 15 is 0 Å². The number of pyridine rings is 1. The number of aromatic nitrogens is 1. The molecule has 0 spiro atoms. The van der Waals surface area contributed by atoms with E-state index in [1.807, 2.05) is 18.5 Å². The van der Waals surface area contributed by atoms with Gasteiger partial charge in [-0.3, -0.25) is 4.98 Å². The maximum absolute atomic E-state index is 4.26. The molecule has 1 aromatic rings. The van der Waals surface area contributed by atoms with Crippen LogP contribution in [0.3, 0.4) is 0 Å². The van der Waals surface area contributed by atoms with Gasteiger partial charge in [0.15, 0.2) is 0 Å². The third-order valence-corrected chi connectivity index (χ3v) is 5.46. The fourth-order valence-electron chi connectivity index (χ4n) is 4.18. The summed E-state index contributed by atoms with van der Waals surface area (Å²) >= 11 is 0. The highest BCUT2D eigenvalue weighted by Crippen LogP contribution is 2.36. The summed E-state index contributed by atoms with van der Waals surface area (Å²) in [4.78, 5) is 6.94. The molecule has 21 heavy (non-hydrogen) atoms. The maximum atomic E-state index is 4.26. The highest BCUT2D eigenvalue weighted by Gasteiger charge is 2.40. The molecule has 3 atom stereocenters. The molecule has 1 aromatic heterocycles. The van der Waals surface area contributed by atoms with E-state index in [-0.39, 0.29) is 0 Å². The largest absolute Gasteiger partial charge is 0.307 e. The van der Waals surface area contributed by atoms with Crippen LogP contribution in [-0.4, -0.2) is 35.1 Å². The number of hydrogen-bond acceptors (Lipinski definition) is 3. The summed E-state index contributed by atoms with van der Waals surface area (Å²) in [6.45, 7) is 9.49. The van der Waals surface area contributed by atoms with Gasteiger partial charge in [0.05, 0.1) is 0 Å². The summed E-state index contributed by atoms with van der Waals surface area (Å²) < 4.78 is 0. The average Bonchev–Trinajstić information content (AvgIpc) is 2.47. The van der Waals surface area contributed by atoms with Crippen molar-refractivity contribution in [2.45, 2.75) is 58.2 Å². The van der Waals surface area contributed by atoms with E-state index < -0.39 is 0 Å². The molecule has 1 saturated heterocycles. The van der Waals surface area contributed by atoms with Crippen molar-refractivity contribution >= 4 is 0 Å². The normalized spacial score (nSPS) is 31.3. The summed E-state index contributed by atoms with van der Waals surface area (Å²) in [7, 11) is 0. The summed E-state index contributed by atoms with van der Waals surface area (Å²) in [5, 5.41) is 3.93. The van der Waals surface area contributed by atoms with Crippen molar-refractivity contribution in [1.82, 2.24) is 15.2 Å². The van der Waals surface area contributed by atoms with Crippen LogP contribution in [0.25, 0.3) is 0 Å². The minimum Gasteiger partial charge on any atom is -0.307 e. The van der Waals surface area contributed by atoms with Crippen molar-refractivity contribution in [3.05, 3.63) is 30.1 Å². The molecule has 2 fully saturated rings. The van der Waals surface area contributed by atoms with Crippen LogP contribution in [0.4, 0.5) is 0 Å². The molecule has 2 aliphatic rings. The smallest absolute Gasteiger partial charge is 0.0315 e. The van der Waals surface area contributed by atoms with E-state index in [4.69, 9.17) is 0 Å². The zero-order valence-electron chi connectivity index (χ0n) is 13.6. The Hall–Kier alpha value is -0.930. The molecule has 3 heteroatoms. The molecule has 1 N–H and O–H groups in total. The molecule has 1 saturated carbocycles. The van der Waals surface area contributed by atoms with Crippen LogP contribution in [0, 0.1) is 11.8 Å². The number of rotatable bonds is 4. The van der Waals surface area contributed by atoms with E-state index in [1.54, 1.807) is 0 Å². The molecule has 116 valence electrons. The monoisotopic (exact) mass is 287 g/mol. The van der Waals surface area contributed by atoms with Crippen molar-refractivity contribution < 1.29 is 0 Å². The summed E-state index contributed by atoms with van der Waals surface area (Å²) in [5.41, 5.74) is 1.31. The fourth-order valence-corrected chi connectivity index (χ4v) is 4.18. The Kier molecular flexibility index (Phi) is 4.60. The maximum Gasteiger partial charge on any atom is 0.0315 e. The second kappa shape index (κ2) is 6.45. The van der Waals surface area contributed by atoms with E-state index in [1.165, 1.54) is 37.9 Å². The molecule has 0 amide bonds. The number of fused-ring (bicyclic) bond motifs is 2. The number of nitrogens with zero attached hydrogens (tertiary/aromatic N) is 2. The molecule has 0 aromatic carbocycles. The average molecular weight is 287 g/mol. The predicted molar refractivity (Wildman–Crippen MR) is 87.1 cm³/mol. The second-order valence-electron chi connectivity index (χ2n) is 7.20. The van der Waals surface area contributed by atoms with Gasteiger partial charge in [0.1, 0.15) is 0 Å². The molecule has 2 heterocycles. The highest BCUT2D eigenvalue weighted by atomic mass is 15.2. The van der Waals surface area contributed by atoms with Crippen molar-refractivity contribution in [3.63, 3.8) is 0 Å². The number of piperidine rings is 1. The van der Waals surface area contributed by atoms with Gasteiger partial charge in [-0.2, -0.15) is 0 Å². The Morgan fingerprint density at radius 2 is 1.90 bits per heavy atom. The van der Waals surface area contributed by atoms with Crippen LogP contribution in [0.2, 0.25) is 0 Å². The molecule has 0 radical (unpaired) electrons. The zero-order valence-corrected chi connectivity index (χ0v) is 13.6. The minimum absolute atomic E-state index is 0.400. The quantitative estimate of drug-likeness (QED) is 0.921. The van der Waals surface area contributed by atoms with Crippen LogP contribution in [0.15, 0.2) is 24.5 Å². The number of hydrogen-bond donors (Lipinski definition) is 1. The Balaban J connectivity index is 1.68. The summed E-state index contributed by atoms with van der Waals surface area (Å²) in [5.74, 6) is 1.64. The minimum atomic E-state index is 0.400. The first kappa shape index (κ1) is 15.0. The summed E-state index contributed by atoms with van der Waals surface area (Å²) in [6.07, 6.45) is 8.04. The van der Waals surface area contributed by atoms with E-state index in [2.05, 4.69) is 42.0 Å². The summed E-state index contributed by atoms with van der Waals surface area (Å²) in [6, 6.07) is 5.99. The molecule has 2 unspecified atom stereocenters. The molecule has 3 nitrogen and oxygen atoms in total. The van der Waals surface area contributed by atoms with Crippen molar-refractivity contribution in [2.24, 2.45) is 11.8 Å². The SMILES string of the molecule is CC(C)N1CC2CCCC(C1)C2N[C@H](C)c1cccnc1. The van der Waals surface area contributed by atoms with Gasteiger partial charge in [-0.1, -0.05) is 12.5 Å².